The second-order valence-corrected chi connectivity index (χ2v) is 9.18. The molecular weight excluding hydrogens is 439 g/mol. The summed E-state index contributed by atoms with van der Waals surface area (Å²) in [4.78, 5) is 31.1. The van der Waals surface area contributed by atoms with Crippen LogP contribution in [0, 0.1) is 16.5 Å². The molecule has 1 saturated heterocycles. The van der Waals surface area contributed by atoms with Crippen LogP contribution in [0.2, 0.25) is 0 Å². The first-order valence-corrected chi connectivity index (χ1v) is 11.9. The van der Waals surface area contributed by atoms with Crippen molar-refractivity contribution in [3.05, 3.63) is 69.0 Å². The first-order valence-electron chi connectivity index (χ1n) is 11.5. The number of rotatable bonds is 7. The van der Waals surface area contributed by atoms with Crippen LogP contribution in [0.1, 0.15) is 43.0 Å². The van der Waals surface area contributed by atoms with Gasteiger partial charge in [-0.15, -0.1) is 0 Å². The van der Waals surface area contributed by atoms with Gasteiger partial charge in [-0.2, -0.15) is 0 Å². The predicted octanol–water partition coefficient (Wildman–Crippen LogP) is 4.43. The van der Waals surface area contributed by atoms with E-state index in [0.717, 1.165) is 29.9 Å². The van der Waals surface area contributed by atoms with E-state index >= 15 is 0 Å². The predicted molar refractivity (Wildman–Crippen MR) is 131 cm³/mol. The van der Waals surface area contributed by atoms with Gasteiger partial charge in [0.2, 0.25) is 0 Å². The second kappa shape index (κ2) is 10.4. The number of para-hydroxylation sites is 1. The van der Waals surface area contributed by atoms with Gasteiger partial charge in [0.15, 0.2) is 4.77 Å². The summed E-state index contributed by atoms with van der Waals surface area (Å²) in [5.74, 6) is 0.0416. The Hall–Kier alpha value is -2.84. The molecule has 0 spiro atoms. The highest BCUT2D eigenvalue weighted by molar-refractivity contribution is 7.71. The Morgan fingerprint density at radius 1 is 1.24 bits per heavy atom. The summed E-state index contributed by atoms with van der Waals surface area (Å²) in [5, 5.41) is 3.29. The summed E-state index contributed by atoms with van der Waals surface area (Å²) in [7, 11) is 0. The molecule has 174 valence electrons. The van der Waals surface area contributed by atoms with Crippen molar-refractivity contribution in [1.82, 2.24) is 19.8 Å². The molecule has 3 aromatic rings. The minimum Gasteiger partial charge on any atom is -0.352 e. The van der Waals surface area contributed by atoms with Gasteiger partial charge >= 0.3 is 0 Å². The molecule has 1 fully saturated rings. The number of halogens is 1. The summed E-state index contributed by atoms with van der Waals surface area (Å²) in [6.07, 6.45) is 4.56. The highest BCUT2D eigenvalue weighted by atomic mass is 32.1. The quantitative estimate of drug-likeness (QED) is 0.398. The molecule has 1 unspecified atom stereocenters. The minimum absolute atomic E-state index is 0.0715. The number of H-pyrrole nitrogens is 1. The number of benzene rings is 2. The third kappa shape index (κ3) is 5.39. The SMILES string of the molecule is CC1CCCN(CCCCNC(=O)c2ccc3c(=O)n(-c4ccccc4F)c(=S)[nH]c3c2)C1. The smallest absolute Gasteiger partial charge is 0.266 e. The molecule has 1 atom stereocenters. The van der Waals surface area contributed by atoms with E-state index < -0.39 is 11.4 Å². The van der Waals surface area contributed by atoms with Gasteiger partial charge in [-0.1, -0.05) is 19.1 Å². The monoisotopic (exact) mass is 468 g/mol. The van der Waals surface area contributed by atoms with Crippen LogP contribution >= 0.6 is 12.2 Å². The number of amides is 1. The molecule has 2 N–H and O–H groups in total. The largest absolute Gasteiger partial charge is 0.352 e. The molecule has 8 heteroatoms. The summed E-state index contributed by atoms with van der Waals surface area (Å²) >= 11 is 5.31. The maximum Gasteiger partial charge on any atom is 0.266 e. The van der Waals surface area contributed by atoms with E-state index in [9.17, 15) is 14.0 Å². The second-order valence-electron chi connectivity index (χ2n) is 8.79. The van der Waals surface area contributed by atoms with E-state index in [-0.39, 0.29) is 16.4 Å². The third-order valence-electron chi connectivity index (χ3n) is 6.18. The Bertz CT molecular complexity index is 1270. The number of fused-ring (bicyclic) bond motifs is 1. The lowest BCUT2D eigenvalue weighted by molar-refractivity contribution is 0.0952. The van der Waals surface area contributed by atoms with E-state index in [1.807, 2.05) is 0 Å². The van der Waals surface area contributed by atoms with E-state index in [1.54, 1.807) is 30.3 Å². The van der Waals surface area contributed by atoms with Crippen molar-refractivity contribution < 1.29 is 9.18 Å². The first-order chi connectivity index (χ1) is 15.9. The third-order valence-corrected chi connectivity index (χ3v) is 6.47. The van der Waals surface area contributed by atoms with Gasteiger partial charge < -0.3 is 15.2 Å². The van der Waals surface area contributed by atoms with Crippen molar-refractivity contribution in [2.45, 2.75) is 32.6 Å². The van der Waals surface area contributed by atoms with Crippen molar-refractivity contribution >= 4 is 29.0 Å². The van der Waals surface area contributed by atoms with Gasteiger partial charge in [-0.3, -0.25) is 9.59 Å². The van der Waals surface area contributed by atoms with Gasteiger partial charge in [0.1, 0.15) is 5.82 Å². The Kier molecular flexibility index (Phi) is 7.35. The lowest BCUT2D eigenvalue weighted by Crippen LogP contribution is -2.35. The van der Waals surface area contributed by atoms with E-state index in [1.165, 1.54) is 38.1 Å². The van der Waals surface area contributed by atoms with Gasteiger partial charge in [-0.25, -0.2) is 8.96 Å². The Labute approximate surface area is 197 Å². The fourth-order valence-corrected chi connectivity index (χ4v) is 4.76. The van der Waals surface area contributed by atoms with Crippen LogP contribution < -0.4 is 10.9 Å². The number of nitrogens with one attached hydrogen (secondary N) is 2. The van der Waals surface area contributed by atoms with Crippen LogP contribution in [-0.4, -0.2) is 46.5 Å². The van der Waals surface area contributed by atoms with Crippen molar-refractivity contribution in [3.8, 4) is 5.69 Å². The number of aromatic amines is 1. The van der Waals surface area contributed by atoms with Crippen LogP contribution in [0.15, 0.2) is 47.3 Å². The molecular formula is C25H29FN4O2S. The maximum atomic E-state index is 14.2. The fraction of sp³-hybridized carbons (Fsp3) is 0.400. The highest BCUT2D eigenvalue weighted by Gasteiger charge is 2.16. The minimum atomic E-state index is -0.538. The summed E-state index contributed by atoms with van der Waals surface area (Å²) < 4.78 is 15.4. The van der Waals surface area contributed by atoms with Gasteiger partial charge in [0, 0.05) is 18.7 Å². The number of hydrogen-bond donors (Lipinski definition) is 2. The van der Waals surface area contributed by atoms with E-state index in [4.69, 9.17) is 12.2 Å². The van der Waals surface area contributed by atoms with Crippen LogP contribution in [0.5, 0.6) is 0 Å². The molecule has 1 aromatic heterocycles. The summed E-state index contributed by atoms with van der Waals surface area (Å²) in [6, 6.07) is 10.8. The number of hydrogen-bond acceptors (Lipinski definition) is 4. The number of carbonyl (C=O) groups excluding carboxylic acids is 1. The van der Waals surface area contributed by atoms with Crippen molar-refractivity contribution in [2.75, 3.05) is 26.2 Å². The molecule has 0 radical (unpaired) electrons. The number of aromatic nitrogens is 2. The standard InChI is InChI=1S/C25H29FN4O2S/c1-17-7-6-14-29(16-17)13-5-4-12-27-23(31)18-10-11-19-21(15-18)28-25(33)30(24(19)32)22-9-3-2-8-20(22)26/h2-3,8-11,15,17H,4-7,12-14,16H2,1H3,(H,27,31)(H,28,33). The Balaban J connectivity index is 1.41. The van der Waals surface area contributed by atoms with Crippen LogP contribution in [0.25, 0.3) is 16.6 Å². The number of piperidine rings is 1. The number of nitrogens with zero attached hydrogens (tertiary/aromatic N) is 2. The number of unbranched alkanes of at least 4 members (excludes halogenated alkanes) is 1. The average molecular weight is 469 g/mol. The molecule has 2 heterocycles. The molecule has 4 rings (SSSR count). The normalized spacial score (nSPS) is 16.7. The van der Waals surface area contributed by atoms with Crippen LogP contribution in [0.3, 0.4) is 0 Å². The molecule has 2 aromatic carbocycles. The molecule has 0 aliphatic carbocycles. The summed E-state index contributed by atoms with van der Waals surface area (Å²) in [6.45, 7) is 6.32. The molecule has 33 heavy (non-hydrogen) atoms. The van der Waals surface area contributed by atoms with Gasteiger partial charge in [0.25, 0.3) is 11.5 Å². The molecule has 6 nitrogen and oxygen atoms in total. The average Bonchev–Trinajstić information content (AvgIpc) is 2.79. The number of carbonyl (C=O) groups is 1. The van der Waals surface area contributed by atoms with Gasteiger partial charge in [-0.05, 0) is 87.2 Å². The molecule has 1 aliphatic rings. The Morgan fingerprint density at radius 2 is 2.06 bits per heavy atom. The molecule has 1 aliphatic heterocycles. The zero-order valence-corrected chi connectivity index (χ0v) is 19.6. The van der Waals surface area contributed by atoms with Crippen molar-refractivity contribution in [3.63, 3.8) is 0 Å². The zero-order chi connectivity index (χ0) is 23.4. The fourth-order valence-electron chi connectivity index (χ4n) is 4.47. The molecule has 0 bridgehead atoms. The van der Waals surface area contributed by atoms with Crippen LogP contribution in [-0.2, 0) is 0 Å². The molecule has 1 amide bonds. The lowest BCUT2D eigenvalue weighted by atomic mass is 10.0. The number of likely N-dealkylation sites (tertiary alicyclic amines) is 1. The first kappa shape index (κ1) is 23.3. The highest BCUT2D eigenvalue weighted by Crippen LogP contribution is 2.17. The topological polar surface area (TPSA) is 70.1 Å². The molecule has 0 saturated carbocycles. The van der Waals surface area contributed by atoms with Crippen molar-refractivity contribution in [2.24, 2.45) is 5.92 Å². The Morgan fingerprint density at radius 3 is 2.85 bits per heavy atom. The zero-order valence-electron chi connectivity index (χ0n) is 18.8. The van der Waals surface area contributed by atoms with Gasteiger partial charge in [0.05, 0.1) is 16.6 Å². The summed E-state index contributed by atoms with van der Waals surface area (Å²) in [5.41, 5.74) is 0.551. The van der Waals surface area contributed by atoms with Crippen LogP contribution in [0.4, 0.5) is 4.39 Å². The van der Waals surface area contributed by atoms with E-state index in [2.05, 4.69) is 22.1 Å². The van der Waals surface area contributed by atoms with Crippen molar-refractivity contribution in [1.29, 1.82) is 0 Å². The lowest BCUT2D eigenvalue weighted by Gasteiger charge is -2.30. The van der Waals surface area contributed by atoms with E-state index in [0.29, 0.717) is 23.0 Å². The maximum absolute atomic E-state index is 14.2.